The zero-order valence-electron chi connectivity index (χ0n) is 5.09. The van der Waals surface area contributed by atoms with Gasteiger partial charge < -0.3 is 0 Å². The van der Waals surface area contributed by atoms with Crippen LogP contribution in [-0.4, -0.2) is 28.0 Å². The maximum absolute atomic E-state index is 10.4. The Kier molecular flexibility index (Phi) is 1.45. The molecule has 0 aromatic carbocycles. The highest BCUT2D eigenvalue weighted by Crippen LogP contribution is 2.01. The van der Waals surface area contributed by atoms with E-state index < -0.39 is 10.1 Å². The smallest absolute Gasteiger partial charge is 0.281 e. The minimum Gasteiger partial charge on any atom is -0.281 e. The van der Waals surface area contributed by atoms with Crippen molar-refractivity contribution < 1.29 is 13.0 Å². The molecule has 0 amide bonds. The van der Waals surface area contributed by atoms with Crippen LogP contribution < -0.4 is 0 Å². The molecule has 0 aliphatic rings. The zero-order chi connectivity index (χ0) is 7.78. The van der Waals surface area contributed by atoms with Crippen molar-refractivity contribution >= 4 is 10.1 Å². The van der Waals surface area contributed by atoms with Crippen molar-refractivity contribution in [1.82, 2.24) is 15.0 Å². The van der Waals surface area contributed by atoms with E-state index in [1.54, 1.807) is 0 Å². The van der Waals surface area contributed by atoms with Crippen LogP contribution in [-0.2, 0) is 17.2 Å². The first-order chi connectivity index (χ1) is 4.52. The van der Waals surface area contributed by atoms with Gasteiger partial charge in [0.05, 0.1) is 6.20 Å². The van der Waals surface area contributed by atoms with E-state index in [1.807, 2.05) is 0 Å². The van der Waals surface area contributed by atoms with Gasteiger partial charge in [0.2, 0.25) is 5.03 Å². The van der Waals surface area contributed by atoms with Gasteiger partial charge in [-0.2, -0.15) is 8.42 Å². The summed E-state index contributed by atoms with van der Waals surface area (Å²) >= 11 is 0. The van der Waals surface area contributed by atoms with Gasteiger partial charge in [0.25, 0.3) is 0 Å². The molecule has 1 heterocycles. The molecule has 1 aromatic heterocycles. The second-order valence-corrected chi connectivity index (χ2v) is 3.04. The largest absolute Gasteiger partial charge is 0.313 e. The monoisotopic (exact) mass is 163 g/mol. The Hall–Kier alpha value is -0.950. The van der Waals surface area contributed by atoms with E-state index in [-0.39, 0.29) is 5.03 Å². The molecule has 1 rings (SSSR count). The van der Waals surface area contributed by atoms with Crippen LogP contribution in [0.25, 0.3) is 0 Å². The first-order valence-corrected chi connectivity index (χ1v) is 3.78. The molecule has 0 aliphatic heterocycles. The minimum atomic E-state index is -4.15. The maximum atomic E-state index is 10.4. The number of aryl methyl sites for hydroxylation is 1. The number of rotatable bonds is 1. The number of hydrogen-bond donors (Lipinski definition) is 1. The van der Waals surface area contributed by atoms with Crippen LogP contribution >= 0.6 is 0 Å². The zero-order valence-corrected chi connectivity index (χ0v) is 5.91. The molecule has 0 radical (unpaired) electrons. The molecule has 0 atom stereocenters. The maximum Gasteiger partial charge on any atom is 0.313 e. The summed E-state index contributed by atoms with van der Waals surface area (Å²) in [4.78, 5) is 0. The lowest BCUT2D eigenvalue weighted by molar-refractivity contribution is 0.470. The van der Waals surface area contributed by atoms with Gasteiger partial charge in [-0.3, -0.25) is 4.55 Å². The summed E-state index contributed by atoms with van der Waals surface area (Å²) in [6, 6.07) is 0. The van der Waals surface area contributed by atoms with Crippen molar-refractivity contribution in [2.45, 2.75) is 5.03 Å². The normalized spacial score (nSPS) is 11.8. The van der Waals surface area contributed by atoms with Crippen molar-refractivity contribution in [3.8, 4) is 0 Å². The first-order valence-electron chi connectivity index (χ1n) is 2.34. The summed E-state index contributed by atoms with van der Waals surface area (Å²) in [6.45, 7) is 0. The molecule has 0 unspecified atom stereocenters. The topological polar surface area (TPSA) is 85.1 Å². The quantitative estimate of drug-likeness (QED) is 0.540. The highest BCUT2D eigenvalue weighted by molar-refractivity contribution is 7.85. The summed E-state index contributed by atoms with van der Waals surface area (Å²) in [5, 5.41) is 6.26. The summed E-state index contributed by atoms with van der Waals surface area (Å²) in [5.74, 6) is 0. The van der Waals surface area contributed by atoms with Crippen molar-refractivity contribution in [1.29, 1.82) is 0 Å². The van der Waals surface area contributed by atoms with Crippen molar-refractivity contribution in [2.75, 3.05) is 0 Å². The van der Waals surface area contributed by atoms with E-state index >= 15 is 0 Å². The van der Waals surface area contributed by atoms with Gasteiger partial charge in [-0.1, -0.05) is 5.21 Å². The van der Waals surface area contributed by atoms with Crippen molar-refractivity contribution in [2.24, 2.45) is 7.05 Å². The van der Waals surface area contributed by atoms with Gasteiger partial charge in [-0.05, 0) is 0 Å². The SMILES string of the molecule is Cn1nncc1S(=O)(=O)O. The van der Waals surface area contributed by atoms with Gasteiger partial charge in [-0.15, -0.1) is 5.10 Å². The lowest BCUT2D eigenvalue weighted by Crippen LogP contribution is -2.05. The fourth-order valence-corrected chi connectivity index (χ4v) is 1.06. The molecule has 56 valence electrons. The molecular weight excluding hydrogens is 158 g/mol. The molecule has 7 heteroatoms. The molecule has 10 heavy (non-hydrogen) atoms. The van der Waals surface area contributed by atoms with Gasteiger partial charge in [0, 0.05) is 7.05 Å². The third-order valence-electron chi connectivity index (χ3n) is 0.937. The molecule has 0 aliphatic carbocycles. The van der Waals surface area contributed by atoms with Gasteiger partial charge >= 0.3 is 10.1 Å². The molecule has 0 bridgehead atoms. The summed E-state index contributed by atoms with van der Waals surface area (Å²) in [5.41, 5.74) is 0. The van der Waals surface area contributed by atoms with E-state index in [1.165, 1.54) is 7.05 Å². The Balaban J connectivity index is 3.32. The Morgan fingerprint density at radius 1 is 1.70 bits per heavy atom. The third-order valence-corrected chi connectivity index (χ3v) is 1.84. The molecule has 1 aromatic rings. The summed E-state index contributed by atoms with van der Waals surface area (Å²) < 4.78 is 30.1. The fourth-order valence-electron chi connectivity index (χ4n) is 0.514. The lowest BCUT2D eigenvalue weighted by atomic mass is 10.9. The predicted octanol–water partition coefficient (Wildman–Crippen LogP) is -0.938. The van der Waals surface area contributed by atoms with Crippen LogP contribution in [0.2, 0.25) is 0 Å². The lowest BCUT2D eigenvalue weighted by Gasteiger charge is -1.92. The van der Waals surface area contributed by atoms with Crippen molar-refractivity contribution in [3.05, 3.63) is 6.20 Å². The van der Waals surface area contributed by atoms with Crippen molar-refractivity contribution in [3.63, 3.8) is 0 Å². The second-order valence-electron chi connectivity index (χ2n) is 1.67. The Bertz CT molecular complexity index is 327. The first kappa shape index (κ1) is 7.16. The summed E-state index contributed by atoms with van der Waals surface area (Å²) in [7, 11) is -2.78. The minimum absolute atomic E-state index is 0.312. The van der Waals surface area contributed by atoms with Crippen LogP contribution in [0.4, 0.5) is 0 Å². The van der Waals surface area contributed by atoms with Crippen LogP contribution in [0.3, 0.4) is 0 Å². The van der Waals surface area contributed by atoms with Crippen LogP contribution in [0, 0.1) is 0 Å². The van der Waals surface area contributed by atoms with E-state index in [2.05, 4.69) is 10.3 Å². The Morgan fingerprint density at radius 3 is 2.50 bits per heavy atom. The number of hydrogen-bond acceptors (Lipinski definition) is 4. The fraction of sp³-hybridized carbons (Fsp3) is 0.333. The molecule has 0 saturated carbocycles. The molecule has 0 spiro atoms. The van der Waals surface area contributed by atoms with E-state index in [0.29, 0.717) is 0 Å². The number of aromatic nitrogens is 3. The van der Waals surface area contributed by atoms with Crippen LogP contribution in [0.1, 0.15) is 0 Å². The van der Waals surface area contributed by atoms with Gasteiger partial charge in [0.1, 0.15) is 0 Å². The average molecular weight is 163 g/mol. The second kappa shape index (κ2) is 2.03. The highest BCUT2D eigenvalue weighted by Gasteiger charge is 2.13. The molecule has 1 N–H and O–H groups in total. The highest BCUT2D eigenvalue weighted by atomic mass is 32.2. The summed E-state index contributed by atoms with van der Waals surface area (Å²) in [6.07, 6.45) is 0.968. The van der Waals surface area contributed by atoms with Crippen LogP contribution in [0.5, 0.6) is 0 Å². The number of nitrogens with zero attached hydrogens (tertiary/aromatic N) is 3. The van der Waals surface area contributed by atoms with E-state index in [0.717, 1.165) is 10.9 Å². The molecule has 0 fully saturated rings. The van der Waals surface area contributed by atoms with Crippen LogP contribution in [0.15, 0.2) is 11.2 Å². The Labute approximate surface area is 57.2 Å². The molecular formula is C3H5N3O3S. The molecule has 0 saturated heterocycles. The third kappa shape index (κ3) is 1.14. The average Bonchev–Trinajstić information content (AvgIpc) is 2.11. The van der Waals surface area contributed by atoms with E-state index in [9.17, 15) is 8.42 Å². The van der Waals surface area contributed by atoms with Gasteiger partial charge in [0.15, 0.2) is 0 Å². The van der Waals surface area contributed by atoms with E-state index in [4.69, 9.17) is 4.55 Å². The molecule has 6 nitrogen and oxygen atoms in total. The standard InChI is InChI=1S/C3H5N3O3S/c1-6-3(2-4-5-6)10(7,8)9/h2H,1H3,(H,7,8,9). The Morgan fingerprint density at radius 2 is 2.30 bits per heavy atom. The van der Waals surface area contributed by atoms with Gasteiger partial charge in [-0.25, -0.2) is 4.68 Å². The predicted molar refractivity (Wildman–Crippen MR) is 30.8 cm³/mol.